The highest BCUT2D eigenvalue weighted by Gasteiger charge is 2.41. The van der Waals surface area contributed by atoms with Gasteiger partial charge in [-0.1, -0.05) is 18.2 Å². The van der Waals surface area contributed by atoms with Gasteiger partial charge < -0.3 is 15.4 Å². The molecule has 0 unspecified atom stereocenters. The van der Waals surface area contributed by atoms with Crippen LogP contribution < -0.4 is 10.6 Å². The van der Waals surface area contributed by atoms with Gasteiger partial charge >= 0.3 is 0 Å². The molecule has 1 aliphatic rings. The maximum atomic E-state index is 12.8. The van der Waals surface area contributed by atoms with Gasteiger partial charge in [0.05, 0.1) is 5.41 Å². The molecule has 0 radical (unpaired) electrons. The number of nitrogens with zero attached hydrogens (tertiary/aromatic N) is 1. The first-order valence-corrected chi connectivity index (χ1v) is 6.72. The number of rotatable bonds is 3. The molecule has 1 fully saturated rings. The first-order chi connectivity index (χ1) is 9.10. The van der Waals surface area contributed by atoms with Crippen LogP contribution >= 0.6 is 0 Å². The molecule has 0 saturated carbocycles. The van der Waals surface area contributed by atoms with E-state index in [-0.39, 0.29) is 5.91 Å². The second kappa shape index (κ2) is 5.72. The maximum absolute atomic E-state index is 12.8. The summed E-state index contributed by atoms with van der Waals surface area (Å²) < 4.78 is 5.36. The van der Waals surface area contributed by atoms with Crippen LogP contribution in [0.4, 0.5) is 5.69 Å². The molecule has 2 N–H and O–H groups in total. The van der Waals surface area contributed by atoms with Crippen LogP contribution in [0.2, 0.25) is 0 Å². The number of amides is 1. The fraction of sp³-hybridized carbons (Fsp3) is 0.533. The Hall–Kier alpha value is -1.39. The second-order valence-electron chi connectivity index (χ2n) is 5.25. The van der Waals surface area contributed by atoms with E-state index in [1.807, 2.05) is 38.2 Å². The van der Waals surface area contributed by atoms with Gasteiger partial charge in [0, 0.05) is 32.5 Å². The van der Waals surface area contributed by atoms with E-state index in [9.17, 15) is 4.79 Å². The molecule has 1 amide bonds. The minimum absolute atomic E-state index is 0.104. The number of aryl methyl sites for hydroxylation is 1. The zero-order chi connectivity index (χ0) is 13.9. The summed E-state index contributed by atoms with van der Waals surface area (Å²) in [6.45, 7) is 3.62. The number of carbonyl (C=O) groups excluding carboxylic acids is 1. The van der Waals surface area contributed by atoms with E-state index in [1.54, 1.807) is 4.90 Å². The van der Waals surface area contributed by atoms with Crippen molar-refractivity contribution in [1.82, 2.24) is 0 Å². The van der Waals surface area contributed by atoms with E-state index < -0.39 is 5.41 Å². The summed E-state index contributed by atoms with van der Waals surface area (Å²) in [6.07, 6.45) is 1.41. The van der Waals surface area contributed by atoms with Crippen LogP contribution in [0, 0.1) is 12.3 Å². The SMILES string of the molecule is Cc1ccccc1N(C)C(=O)C1(CN)CCOCC1. The number of benzene rings is 1. The van der Waals surface area contributed by atoms with Crippen molar-refractivity contribution in [3.8, 4) is 0 Å². The Kier molecular flexibility index (Phi) is 4.22. The van der Waals surface area contributed by atoms with Gasteiger partial charge in [-0.15, -0.1) is 0 Å². The highest BCUT2D eigenvalue weighted by Crippen LogP contribution is 2.33. The number of carbonyl (C=O) groups is 1. The molecule has 1 saturated heterocycles. The fourth-order valence-corrected chi connectivity index (χ4v) is 2.67. The first-order valence-electron chi connectivity index (χ1n) is 6.72. The summed E-state index contributed by atoms with van der Waals surface area (Å²) in [5.41, 5.74) is 7.47. The third-order valence-electron chi connectivity index (χ3n) is 4.08. The molecule has 1 heterocycles. The normalized spacial score (nSPS) is 18.1. The fourth-order valence-electron chi connectivity index (χ4n) is 2.67. The first kappa shape index (κ1) is 14.0. The Balaban J connectivity index is 2.25. The van der Waals surface area contributed by atoms with Gasteiger partial charge in [0.1, 0.15) is 0 Å². The molecule has 4 nitrogen and oxygen atoms in total. The molecule has 1 aromatic rings. The predicted molar refractivity (Wildman–Crippen MR) is 76.1 cm³/mol. The largest absolute Gasteiger partial charge is 0.381 e. The number of nitrogens with two attached hydrogens (primary N) is 1. The van der Waals surface area contributed by atoms with Crippen molar-refractivity contribution in [1.29, 1.82) is 0 Å². The van der Waals surface area contributed by atoms with E-state index in [2.05, 4.69) is 0 Å². The molecule has 0 atom stereocenters. The molecule has 0 bridgehead atoms. The van der Waals surface area contributed by atoms with Crippen molar-refractivity contribution in [2.24, 2.45) is 11.1 Å². The number of hydrogen-bond donors (Lipinski definition) is 1. The molecule has 4 heteroatoms. The van der Waals surface area contributed by atoms with E-state index in [4.69, 9.17) is 10.5 Å². The second-order valence-corrected chi connectivity index (χ2v) is 5.25. The summed E-state index contributed by atoms with van der Waals surface area (Å²) in [5, 5.41) is 0. The Morgan fingerprint density at radius 3 is 2.58 bits per heavy atom. The quantitative estimate of drug-likeness (QED) is 0.902. The summed E-state index contributed by atoms with van der Waals surface area (Å²) in [5.74, 6) is 0.104. The van der Waals surface area contributed by atoms with Crippen LogP contribution in [0.3, 0.4) is 0 Å². The van der Waals surface area contributed by atoms with Crippen molar-refractivity contribution in [2.75, 3.05) is 31.7 Å². The average Bonchev–Trinajstić information content (AvgIpc) is 2.47. The van der Waals surface area contributed by atoms with Crippen molar-refractivity contribution in [3.63, 3.8) is 0 Å². The molecular weight excluding hydrogens is 240 g/mol. The lowest BCUT2D eigenvalue weighted by atomic mass is 9.79. The highest BCUT2D eigenvalue weighted by atomic mass is 16.5. The van der Waals surface area contributed by atoms with Crippen LogP contribution in [-0.2, 0) is 9.53 Å². The average molecular weight is 262 g/mol. The number of anilines is 1. The Bertz CT molecular complexity index is 453. The van der Waals surface area contributed by atoms with Gasteiger partial charge in [-0.3, -0.25) is 4.79 Å². The number of hydrogen-bond acceptors (Lipinski definition) is 3. The van der Waals surface area contributed by atoms with Gasteiger partial charge in [-0.05, 0) is 31.4 Å². The summed E-state index contributed by atoms with van der Waals surface area (Å²) >= 11 is 0. The molecule has 19 heavy (non-hydrogen) atoms. The van der Waals surface area contributed by atoms with Crippen molar-refractivity contribution in [2.45, 2.75) is 19.8 Å². The highest BCUT2D eigenvalue weighted by molar-refractivity contribution is 5.98. The lowest BCUT2D eigenvalue weighted by molar-refractivity contribution is -0.132. The van der Waals surface area contributed by atoms with Crippen LogP contribution in [0.15, 0.2) is 24.3 Å². The molecule has 1 aromatic carbocycles. The molecule has 1 aliphatic heterocycles. The van der Waals surface area contributed by atoms with Crippen molar-refractivity contribution < 1.29 is 9.53 Å². The van der Waals surface area contributed by atoms with Gasteiger partial charge in [-0.25, -0.2) is 0 Å². The van der Waals surface area contributed by atoms with E-state index in [0.717, 1.165) is 11.3 Å². The lowest BCUT2D eigenvalue weighted by Crippen LogP contribution is -2.50. The smallest absolute Gasteiger partial charge is 0.234 e. The van der Waals surface area contributed by atoms with E-state index in [1.165, 1.54) is 0 Å². The Morgan fingerprint density at radius 1 is 1.37 bits per heavy atom. The number of ether oxygens (including phenoxy) is 1. The minimum Gasteiger partial charge on any atom is -0.381 e. The monoisotopic (exact) mass is 262 g/mol. The Morgan fingerprint density at radius 2 is 2.00 bits per heavy atom. The molecule has 0 spiro atoms. The molecule has 0 aliphatic carbocycles. The minimum atomic E-state index is -0.463. The third kappa shape index (κ3) is 2.65. The Labute approximate surface area is 114 Å². The van der Waals surface area contributed by atoms with Crippen molar-refractivity contribution >= 4 is 11.6 Å². The van der Waals surface area contributed by atoms with Crippen LogP contribution in [-0.4, -0.2) is 32.7 Å². The van der Waals surface area contributed by atoms with E-state index >= 15 is 0 Å². The van der Waals surface area contributed by atoms with Gasteiger partial charge in [0.25, 0.3) is 0 Å². The van der Waals surface area contributed by atoms with Crippen LogP contribution in [0.1, 0.15) is 18.4 Å². The summed E-state index contributed by atoms with van der Waals surface area (Å²) in [4.78, 5) is 14.5. The zero-order valence-electron chi connectivity index (χ0n) is 11.7. The van der Waals surface area contributed by atoms with E-state index in [0.29, 0.717) is 32.6 Å². The van der Waals surface area contributed by atoms with Crippen molar-refractivity contribution in [3.05, 3.63) is 29.8 Å². The molecule has 104 valence electrons. The zero-order valence-corrected chi connectivity index (χ0v) is 11.7. The predicted octanol–water partition coefficient (Wildman–Crippen LogP) is 1.71. The molecule has 0 aromatic heterocycles. The lowest BCUT2D eigenvalue weighted by Gasteiger charge is -2.38. The third-order valence-corrected chi connectivity index (χ3v) is 4.08. The molecular formula is C15H22N2O2. The van der Waals surface area contributed by atoms with Gasteiger partial charge in [-0.2, -0.15) is 0 Å². The standard InChI is InChI=1S/C15H22N2O2/c1-12-5-3-4-6-13(12)17(2)14(18)15(11-16)7-9-19-10-8-15/h3-6H,7-11,16H2,1-2H3. The van der Waals surface area contributed by atoms with Crippen LogP contribution in [0.5, 0.6) is 0 Å². The number of para-hydroxylation sites is 1. The summed E-state index contributed by atoms with van der Waals surface area (Å²) in [7, 11) is 1.83. The van der Waals surface area contributed by atoms with Crippen LogP contribution in [0.25, 0.3) is 0 Å². The van der Waals surface area contributed by atoms with Gasteiger partial charge in [0.15, 0.2) is 0 Å². The molecule has 2 rings (SSSR count). The topological polar surface area (TPSA) is 55.6 Å². The summed E-state index contributed by atoms with van der Waals surface area (Å²) in [6, 6.07) is 7.91. The maximum Gasteiger partial charge on any atom is 0.234 e. The van der Waals surface area contributed by atoms with Gasteiger partial charge in [0.2, 0.25) is 5.91 Å².